The first-order valence-electron chi connectivity index (χ1n) is 10.7. The molecule has 3 aromatic rings. The summed E-state index contributed by atoms with van der Waals surface area (Å²) in [4.78, 5) is 26.0. The Hall–Kier alpha value is -3.72. The van der Waals surface area contributed by atoms with Gasteiger partial charge in [-0.3, -0.25) is 9.10 Å². The highest BCUT2D eigenvalue weighted by atomic mass is 32.2. The van der Waals surface area contributed by atoms with E-state index in [1.807, 2.05) is 0 Å². The number of hydrogen-bond donors (Lipinski definition) is 1. The van der Waals surface area contributed by atoms with Gasteiger partial charge in [0, 0.05) is 17.8 Å². The van der Waals surface area contributed by atoms with Crippen molar-refractivity contribution >= 4 is 33.3 Å². The van der Waals surface area contributed by atoms with E-state index < -0.39 is 33.8 Å². The van der Waals surface area contributed by atoms with Gasteiger partial charge in [0.05, 0.1) is 17.5 Å². The molecule has 1 aliphatic heterocycles. The summed E-state index contributed by atoms with van der Waals surface area (Å²) < 4.78 is 44.3. The van der Waals surface area contributed by atoms with Gasteiger partial charge in [0.15, 0.2) is 0 Å². The molecular weight excluding hydrogens is 459 g/mol. The molecule has 1 unspecified atom stereocenters. The van der Waals surface area contributed by atoms with Crippen LogP contribution in [0.25, 0.3) is 0 Å². The highest BCUT2D eigenvalue weighted by Gasteiger charge is 2.28. The van der Waals surface area contributed by atoms with Gasteiger partial charge < -0.3 is 10.1 Å². The normalized spacial score (nSPS) is 14.1. The standard InChI is InChI=1S/C25H23FN2O5S/c1-34(31,32)28-15-5-8-18-16-19(9-14-22(18)28)25(30)33-23(17-6-3-2-4-7-17)24(29)27-21-12-10-20(26)11-13-21/h2-4,6-7,9-14,16,23H,5,8,15H2,1H3,(H,27,29). The van der Waals surface area contributed by atoms with Crippen LogP contribution in [0.15, 0.2) is 72.8 Å². The molecule has 0 aromatic heterocycles. The average molecular weight is 483 g/mol. The number of hydrogen-bond acceptors (Lipinski definition) is 5. The molecule has 0 radical (unpaired) electrons. The lowest BCUT2D eigenvalue weighted by Gasteiger charge is -2.29. The fraction of sp³-hybridized carbons (Fsp3) is 0.200. The zero-order valence-corrected chi connectivity index (χ0v) is 19.2. The van der Waals surface area contributed by atoms with Gasteiger partial charge in [0.2, 0.25) is 16.1 Å². The van der Waals surface area contributed by atoms with Gasteiger partial charge in [0.1, 0.15) is 5.82 Å². The zero-order valence-electron chi connectivity index (χ0n) is 18.4. The number of halogens is 1. The van der Waals surface area contributed by atoms with Crippen LogP contribution in [0.5, 0.6) is 0 Å². The van der Waals surface area contributed by atoms with E-state index >= 15 is 0 Å². The predicted molar refractivity (Wildman–Crippen MR) is 127 cm³/mol. The third-order valence-corrected chi connectivity index (χ3v) is 6.65. The zero-order chi connectivity index (χ0) is 24.3. The van der Waals surface area contributed by atoms with Crippen LogP contribution in [0, 0.1) is 5.82 Å². The molecule has 34 heavy (non-hydrogen) atoms. The topological polar surface area (TPSA) is 92.8 Å². The molecule has 1 heterocycles. The molecule has 0 bridgehead atoms. The lowest BCUT2D eigenvalue weighted by atomic mass is 10.0. The number of benzene rings is 3. The van der Waals surface area contributed by atoms with Crippen LogP contribution >= 0.6 is 0 Å². The Kier molecular flexibility index (Phi) is 6.65. The summed E-state index contributed by atoms with van der Waals surface area (Å²) in [7, 11) is -3.43. The van der Waals surface area contributed by atoms with E-state index in [0.29, 0.717) is 36.3 Å². The van der Waals surface area contributed by atoms with Gasteiger partial charge in [-0.1, -0.05) is 30.3 Å². The summed E-state index contributed by atoms with van der Waals surface area (Å²) in [5, 5.41) is 2.64. The highest BCUT2D eigenvalue weighted by Crippen LogP contribution is 2.31. The number of ether oxygens (including phenoxy) is 1. The van der Waals surface area contributed by atoms with Crippen LogP contribution in [-0.4, -0.2) is 33.1 Å². The smallest absolute Gasteiger partial charge is 0.339 e. The average Bonchev–Trinajstić information content (AvgIpc) is 2.83. The molecule has 0 aliphatic carbocycles. The quantitative estimate of drug-likeness (QED) is 0.535. The second-order valence-corrected chi connectivity index (χ2v) is 9.88. The molecule has 9 heteroatoms. The van der Waals surface area contributed by atoms with Crippen LogP contribution in [0.4, 0.5) is 15.8 Å². The molecule has 4 rings (SSSR count). The summed E-state index contributed by atoms with van der Waals surface area (Å²) in [6, 6.07) is 18.5. The number of rotatable bonds is 6. The number of aryl methyl sites for hydroxylation is 1. The Bertz CT molecular complexity index is 1310. The van der Waals surface area contributed by atoms with E-state index in [0.717, 1.165) is 11.8 Å². The van der Waals surface area contributed by atoms with Gasteiger partial charge in [-0.05, 0) is 60.9 Å². The van der Waals surface area contributed by atoms with Gasteiger partial charge in [-0.15, -0.1) is 0 Å². The summed E-state index contributed by atoms with van der Waals surface area (Å²) in [6.45, 7) is 0.384. The lowest BCUT2D eigenvalue weighted by Crippen LogP contribution is -2.34. The van der Waals surface area contributed by atoms with Crippen LogP contribution in [0.3, 0.4) is 0 Å². The van der Waals surface area contributed by atoms with E-state index in [-0.39, 0.29) is 5.56 Å². The highest BCUT2D eigenvalue weighted by molar-refractivity contribution is 7.92. The number of nitrogens with one attached hydrogen (secondary N) is 1. The summed E-state index contributed by atoms with van der Waals surface area (Å²) in [6.07, 6.45) is 1.15. The first-order chi connectivity index (χ1) is 16.2. The molecule has 0 fully saturated rings. The molecule has 0 saturated heterocycles. The second-order valence-electron chi connectivity index (χ2n) is 7.97. The number of nitrogens with zero attached hydrogens (tertiary/aromatic N) is 1. The molecular formula is C25H23FN2O5S. The Morgan fingerprint density at radius 1 is 1.03 bits per heavy atom. The van der Waals surface area contributed by atoms with Crippen LogP contribution in [0.2, 0.25) is 0 Å². The molecule has 3 aromatic carbocycles. The van der Waals surface area contributed by atoms with Gasteiger partial charge in [0.25, 0.3) is 5.91 Å². The summed E-state index contributed by atoms with van der Waals surface area (Å²) in [5.41, 5.74) is 2.30. The first kappa shape index (κ1) is 23.4. The number of carbonyl (C=O) groups is 2. The minimum Gasteiger partial charge on any atom is -0.444 e. The van der Waals surface area contributed by atoms with E-state index in [1.54, 1.807) is 42.5 Å². The van der Waals surface area contributed by atoms with E-state index in [2.05, 4.69) is 5.32 Å². The van der Waals surface area contributed by atoms with Gasteiger partial charge in [-0.25, -0.2) is 17.6 Å². The van der Waals surface area contributed by atoms with Crippen molar-refractivity contribution in [2.24, 2.45) is 0 Å². The minimum atomic E-state index is -3.43. The Labute approximate surface area is 197 Å². The third kappa shape index (κ3) is 5.26. The fourth-order valence-corrected chi connectivity index (χ4v) is 4.85. The molecule has 1 atom stereocenters. The van der Waals surface area contributed by atoms with Crippen molar-refractivity contribution in [1.29, 1.82) is 0 Å². The van der Waals surface area contributed by atoms with Crippen LogP contribution in [-0.2, 0) is 26.0 Å². The molecule has 1 N–H and O–H groups in total. The summed E-state index contributed by atoms with van der Waals surface area (Å²) in [5.74, 6) is -1.75. The van der Waals surface area contributed by atoms with E-state index in [9.17, 15) is 22.4 Å². The van der Waals surface area contributed by atoms with Crippen molar-refractivity contribution in [3.05, 3.63) is 95.3 Å². The van der Waals surface area contributed by atoms with Gasteiger partial charge >= 0.3 is 5.97 Å². The predicted octanol–water partition coefficient (Wildman–Crippen LogP) is 4.07. The number of amides is 1. The lowest BCUT2D eigenvalue weighted by molar-refractivity contribution is -0.125. The van der Waals surface area contributed by atoms with Crippen molar-refractivity contribution in [2.45, 2.75) is 18.9 Å². The Morgan fingerprint density at radius 3 is 2.41 bits per heavy atom. The number of anilines is 2. The second kappa shape index (κ2) is 9.64. The maximum absolute atomic E-state index is 13.2. The molecule has 176 valence electrons. The molecule has 7 nitrogen and oxygen atoms in total. The SMILES string of the molecule is CS(=O)(=O)N1CCCc2cc(C(=O)OC(C(=O)Nc3ccc(F)cc3)c3ccccc3)ccc21. The number of fused-ring (bicyclic) bond motifs is 1. The largest absolute Gasteiger partial charge is 0.444 e. The number of esters is 1. The van der Waals surface area contributed by atoms with Crippen molar-refractivity contribution in [3.8, 4) is 0 Å². The first-order valence-corrected chi connectivity index (χ1v) is 12.5. The maximum atomic E-state index is 13.2. The number of carbonyl (C=O) groups excluding carboxylic acids is 2. The van der Waals surface area contributed by atoms with Crippen molar-refractivity contribution in [1.82, 2.24) is 0 Å². The van der Waals surface area contributed by atoms with Crippen molar-refractivity contribution < 1.29 is 27.1 Å². The summed E-state index contributed by atoms with van der Waals surface area (Å²) >= 11 is 0. The third-order valence-electron chi connectivity index (χ3n) is 5.47. The molecule has 0 spiro atoms. The Balaban J connectivity index is 1.58. The van der Waals surface area contributed by atoms with Crippen LogP contribution in [0.1, 0.15) is 34.0 Å². The van der Waals surface area contributed by atoms with E-state index in [1.165, 1.54) is 34.6 Å². The van der Waals surface area contributed by atoms with Crippen molar-refractivity contribution in [2.75, 3.05) is 22.4 Å². The monoisotopic (exact) mass is 482 g/mol. The molecule has 1 aliphatic rings. The number of sulfonamides is 1. The van der Waals surface area contributed by atoms with Gasteiger partial charge in [-0.2, -0.15) is 0 Å². The Morgan fingerprint density at radius 2 is 1.74 bits per heavy atom. The fourth-order valence-electron chi connectivity index (χ4n) is 3.85. The molecule has 1 amide bonds. The van der Waals surface area contributed by atoms with Crippen molar-refractivity contribution in [3.63, 3.8) is 0 Å². The minimum absolute atomic E-state index is 0.213. The van der Waals surface area contributed by atoms with E-state index in [4.69, 9.17) is 4.74 Å². The maximum Gasteiger partial charge on any atom is 0.339 e. The van der Waals surface area contributed by atoms with Crippen LogP contribution < -0.4 is 9.62 Å². The molecule has 0 saturated carbocycles.